The summed E-state index contributed by atoms with van der Waals surface area (Å²) in [5.41, 5.74) is 1.80. The lowest BCUT2D eigenvalue weighted by molar-refractivity contribution is 0.0332. The lowest BCUT2D eigenvalue weighted by Gasteiger charge is -2.34. The first kappa shape index (κ1) is 15.6. The molecule has 3 rings (SSSR count). The van der Waals surface area contributed by atoms with Gasteiger partial charge < -0.3 is 14.6 Å². The number of aromatic nitrogens is 1. The smallest absolute Gasteiger partial charge is 0.255 e. The number of hydrogen-bond acceptors (Lipinski definition) is 3. The van der Waals surface area contributed by atoms with Crippen LogP contribution in [0.3, 0.4) is 0 Å². The van der Waals surface area contributed by atoms with Gasteiger partial charge in [-0.3, -0.25) is 9.69 Å². The molecule has 0 radical (unpaired) electrons. The van der Waals surface area contributed by atoms with Gasteiger partial charge in [0, 0.05) is 38.1 Å². The van der Waals surface area contributed by atoms with E-state index in [2.05, 4.69) is 9.88 Å². The first-order valence-corrected chi connectivity index (χ1v) is 8.47. The highest BCUT2D eigenvalue weighted by Gasteiger charge is 2.25. The average Bonchev–Trinajstić information content (AvgIpc) is 3.00. The van der Waals surface area contributed by atoms with Crippen molar-refractivity contribution in [3.63, 3.8) is 0 Å². The number of H-pyrrole nitrogens is 1. The summed E-state index contributed by atoms with van der Waals surface area (Å²) in [6, 6.07) is 1.89. The Morgan fingerprint density at radius 1 is 1.27 bits per heavy atom. The van der Waals surface area contributed by atoms with E-state index in [1.165, 1.54) is 13.0 Å². The van der Waals surface area contributed by atoms with Crippen LogP contribution in [0.15, 0.2) is 12.3 Å². The van der Waals surface area contributed by atoms with E-state index < -0.39 is 0 Å². The lowest BCUT2D eigenvalue weighted by atomic mass is 9.93. The van der Waals surface area contributed by atoms with Gasteiger partial charge in [-0.05, 0) is 44.7 Å². The van der Waals surface area contributed by atoms with Crippen LogP contribution in [0.2, 0.25) is 0 Å². The van der Waals surface area contributed by atoms with E-state index in [0.29, 0.717) is 0 Å². The Kier molecular flexibility index (Phi) is 5.16. The summed E-state index contributed by atoms with van der Waals surface area (Å²) >= 11 is 0. The number of piperidine rings is 1. The van der Waals surface area contributed by atoms with Crippen LogP contribution in [0.4, 0.5) is 0 Å². The standard InChI is InChI=1S/C17H27N3O2/c1-14-16(2-6-18-14)17(21)20-8-4-15(5-9-20)3-7-19-10-12-22-13-11-19/h2,6,15,18H,3-5,7-13H2,1H3. The Labute approximate surface area is 132 Å². The topological polar surface area (TPSA) is 48.6 Å². The number of aryl methyl sites for hydroxylation is 1. The third-order valence-corrected chi connectivity index (χ3v) is 5.04. The highest BCUT2D eigenvalue weighted by atomic mass is 16.5. The number of aromatic amines is 1. The molecule has 1 aromatic heterocycles. The molecule has 5 heteroatoms. The number of rotatable bonds is 4. The highest BCUT2D eigenvalue weighted by molar-refractivity contribution is 5.95. The maximum Gasteiger partial charge on any atom is 0.255 e. The Balaban J connectivity index is 1.42. The van der Waals surface area contributed by atoms with Gasteiger partial charge in [-0.1, -0.05) is 0 Å². The van der Waals surface area contributed by atoms with Gasteiger partial charge in [-0.15, -0.1) is 0 Å². The first-order valence-electron chi connectivity index (χ1n) is 8.47. The molecule has 0 spiro atoms. The third-order valence-electron chi connectivity index (χ3n) is 5.04. The Bertz CT molecular complexity index is 486. The SMILES string of the molecule is Cc1[nH]ccc1C(=O)N1CCC(CCN2CCOCC2)CC1. The predicted molar refractivity (Wildman–Crippen MR) is 86.0 cm³/mol. The molecule has 0 aliphatic carbocycles. The quantitative estimate of drug-likeness (QED) is 0.924. The third kappa shape index (κ3) is 3.70. The molecule has 22 heavy (non-hydrogen) atoms. The number of carbonyl (C=O) groups is 1. The van der Waals surface area contributed by atoms with Crippen LogP contribution in [-0.4, -0.2) is 66.6 Å². The van der Waals surface area contributed by atoms with Crippen molar-refractivity contribution in [1.82, 2.24) is 14.8 Å². The Morgan fingerprint density at radius 2 is 2.00 bits per heavy atom. The van der Waals surface area contributed by atoms with Gasteiger partial charge in [-0.2, -0.15) is 0 Å². The van der Waals surface area contributed by atoms with E-state index in [0.717, 1.165) is 69.4 Å². The zero-order chi connectivity index (χ0) is 15.4. The summed E-state index contributed by atoms with van der Waals surface area (Å²) in [4.78, 5) is 20.1. The molecule has 0 unspecified atom stereocenters. The van der Waals surface area contributed by atoms with Crippen molar-refractivity contribution in [2.45, 2.75) is 26.2 Å². The molecule has 2 fully saturated rings. The number of nitrogens with zero attached hydrogens (tertiary/aromatic N) is 2. The summed E-state index contributed by atoms with van der Waals surface area (Å²) in [6.45, 7) is 8.84. The van der Waals surface area contributed by atoms with Crippen LogP contribution in [0.5, 0.6) is 0 Å². The highest BCUT2D eigenvalue weighted by Crippen LogP contribution is 2.23. The number of nitrogens with one attached hydrogen (secondary N) is 1. The molecule has 2 aliphatic rings. The summed E-state index contributed by atoms with van der Waals surface area (Å²) < 4.78 is 5.39. The van der Waals surface area contributed by atoms with Crippen LogP contribution < -0.4 is 0 Å². The van der Waals surface area contributed by atoms with Crippen molar-refractivity contribution in [3.8, 4) is 0 Å². The van der Waals surface area contributed by atoms with Crippen molar-refractivity contribution in [3.05, 3.63) is 23.5 Å². The largest absolute Gasteiger partial charge is 0.379 e. The zero-order valence-corrected chi connectivity index (χ0v) is 13.5. The number of carbonyl (C=O) groups excluding carboxylic acids is 1. The van der Waals surface area contributed by atoms with E-state index >= 15 is 0 Å². The van der Waals surface area contributed by atoms with Gasteiger partial charge in [0.2, 0.25) is 0 Å². The van der Waals surface area contributed by atoms with Gasteiger partial charge in [0.05, 0.1) is 18.8 Å². The second-order valence-corrected chi connectivity index (χ2v) is 6.49. The van der Waals surface area contributed by atoms with Gasteiger partial charge in [0.1, 0.15) is 0 Å². The van der Waals surface area contributed by atoms with E-state index in [1.54, 1.807) is 0 Å². The number of hydrogen-bond donors (Lipinski definition) is 1. The molecule has 2 aliphatic heterocycles. The minimum atomic E-state index is 0.186. The number of ether oxygens (including phenoxy) is 1. The van der Waals surface area contributed by atoms with Crippen LogP contribution in [0, 0.1) is 12.8 Å². The lowest BCUT2D eigenvalue weighted by Crippen LogP contribution is -2.40. The number of likely N-dealkylation sites (tertiary alicyclic amines) is 1. The fraction of sp³-hybridized carbons (Fsp3) is 0.706. The average molecular weight is 305 g/mol. The molecule has 3 heterocycles. The summed E-state index contributed by atoms with van der Waals surface area (Å²) in [5, 5.41) is 0. The van der Waals surface area contributed by atoms with Crippen LogP contribution in [0.1, 0.15) is 35.3 Å². The van der Waals surface area contributed by atoms with Gasteiger partial charge >= 0.3 is 0 Å². The van der Waals surface area contributed by atoms with Crippen molar-refractivity contribution < 1.29 is 9.53 Å². The first-order chi connectivity index (χ1) is 10.7. The van der Waals surface area contributed by atoms with Gasteiger partial charge in [-0.25, -0.2) is 0 Å². The predicted octanol–water partition coefficient (Wildman–Crippen LogP) is 1.90. The second-order valence-electron chi connectivity index (χ2n) is 6.49. The summed E-state index contributed by atoms with van der Waals surface area (Å²) in [5.74, 6) is 0.949. The normalized spacial score (nSPS) is 21.2. The van der Waals surface area contributed by atoms with Gasteiger partial charge in [0.25, 0.3) is 5.91 Å². The van der Waals surface area contributed by atoms with Crippen molar-refractivity contribution in [1.29, 1.82) is 0 Å². The van der Waals surface area contributed by atoms with E-state index in [-0.39, 0.29) is 5.91 Å². The number of amides is 1. The molecule has 2 saturated heterocycles. The molecule has 1 amide bonds. The minimum absolute atomic E-state index is 0.186. The van der Waals surface area contributed by atoms with Crippen LogP contribution in [0.25, 0.3) is 0 Å². The summed E-state index contributed by atoms with van der Waals surface area (Å²) in [6.07, 6.45) is 5.38. The monoisotopic (exact) mass is 305 g/mol. The van der Waals surface area contributed by atoms with E-state index in [4.69, 9.17) is 4.74 Å². The molecule has 0 bridgehead atoms. The molecular weight excluding hydrogens is 278 g/mol. The van der Waals surface area contributed by atoms with Crippen molar-refractivity contribution in [2.24, 2.45) is 5.92 Å². The molecule has 1 aromatic rings. The molecular formula is C17H27N3O2. The fourth-order valence-electron chi connectivity index (χ4n) is 3.47. The molecule has 122 valence electrons. The molecule has 0 saturated carbocycles. The summed E-state index contributed by atoms with van der Waals surface area (Å²) in [7, 11) is 0. The Morgan fingerprint density at radius 3 is 2.64 bits per heavy atom. The molecule has 0 aromatic carbocycles. The maximum absolute atomic E-state index is 12.5. The maximum atomic E-state index is 12.5. The second kappa shape index (κ2) is 7.29. The number of morpholine rings is 1. The van der Waals surface area contributed by atoms with Crippen LogP contribution >= 0.6 is 0 Å². The molecule has 1 N–H and O–H groups in total. The van der Waals surface area contributed by atoms with Crippen molar-refractivity contribution in [2.75, 3.05) is 45.9 Å². The van der Waals surface area contributed by atoms with Crippen LogP contribution in [-0.2, 0) is 4.74 Å². The van der Waals surface area contributed by atoms with Gasteiger partial charge in [0.15, 0.2) is 0 Å². The molecule has 5 nitrogen and oxygen atoms in total. The van der Waals surface area contributed by atoms with Crippen molar-refractivity contribution >= 4 is 5.91 Å². The zero-order valence-electron chi connectivity index (χ0n) is 13.5. The fourth-order valence-corrected chi connectivity index (χ4v) is 3.47. The van der Waals surface area contributed by atoms with E-state index in [9.17, 15) is 4.79 Å². The minimum Gasteiger partial charge on any atom is -0.379 e. The van der Waals surface area contributed by atoms with E-state index in [1.807, 2.05) is 24.1 Å². The molecule has 0 atom stereocenters. The Hall–Kier alpha value is -1.33.